The van der Waals surface area contributed by atoms with Crippen molar-refractivity contribution < 1.29 is 38.6 Å². The van der Waals surface area contributed by atoms with Gasteiger partial charge in [0.25, 0.3) is 5.91 Å². The first-order chi connectivity index (χ1) is 15.0. The Morgan fingerprint density at radius 2 is 2.12 bits per heavy atom. The van der Waals surface area contributed by atoms with E-state index in [0.717, 1.165) is 24.9 Å². The maximum Gasteiger partial charge on any atom is 0.469 e. The number of hydrogen-bond acceptors (Lipinski definition) is 8. The molecule has 6 unspecified atom stereocenters. The molecule has 7 N–H and O–H groups in total. The number of phosphoric ester groups is 1. The maximum absolute atomic E-state index is 11.8. The van der Waals surface area contributed by atoms with Crippen LogP contribution in [0.5, 0.6) is 0 Å². The topological polar surface area (TPSA) is 196 Å². The zero-order valence-electron chi connectivity index (χ0n) is 17.9. The molecule has 180 valence electrons. The summed E-state index contributed by atoms with van der Waals surface area (Å²) in [6.07, 6.45) is 3.82. The van der Waals surface area contributed by atoms with Gasteiger partial charge in [0.15, 0.2) is 6.23 Å². The fraction of sp³-hybridized carbons (Fsp3) is 0.632. The molecule has 13 heteroatoms. The van der Waals surface area contributed by atoms with Crippen LogP contribution in [-0.2, 0) is 18.6 Å². The number of nitrogens with zero attached hydrogens (tertiary/aromatic N) is 2. The lowest BCUT2D eigenvalue weighted by Crippen LogP contribution is -2.40. The number of ether oxygens (including phenoxy) is 1. The normalized spacial score (nSPS) is 34.6. The SMILES string of the molecule is C/C1=N/C=C\C(C)CCC1C/C=C(/N=C\NC1OC(COP(=O)(O)O)C(O)C1O)C(N)=O. The average molecular weight is 474 g/mol. The third-order valence-electron chi connectivity index (χ3n) is 5.31. The van der Waals surface area contributed by atoms with Crippen molar-refractivity contribution >= 4 is 25.8 Å². The van der Waals surface area contributed by atoms with Crippen LogP contribution in [0.2, 0.25) is 0 Å². The lowest BCUT2D eigenvalue weighted by Gasteiger charge is -2.18. The van der Waals surface area contributed by atoms with Crippen molar-refractivity contribution in [3.05, 3.63) is 24.0 Å². The molecule has 1 saturated heterocycles. The third kappa shape index (κ3) is 8.21. The van der Waals surface area contributed by atoms with E-state index in [4.69, 9.17) is 20.3 Å². The van der Waals surface area contributed by atoms with Gasteiger partial charge in [-0.25, -0.2) is 9.56 Å². The van der Waals surface area contributed by atoms with Crippen LogP contribution in [0.4, 0.5) is 0 Å². The van der Waals surface area contributed by atoms with Crippen molar-refractivity contribution in [2.24, 2.45) is 27.6 Å². The van der Waals surface area contributed by atoms with Crippen molar-refractivity contribution in [2.45, 2.75) is 57.6 Å². The minimum atomic E-state index is -4.75. The largest absolute Gasteiger partial charge is 0.469 e. The van der Waals surface area contributed by atoms with Gasteiger partial charge in [-0.2, -0.15) is 0 Å². The number of allylic oxidation sites excluding steroid dienone is 2. The van der Waals surface area contributed by atoms with Crippen molar-refractivity contribution in [3.63, 3.8) is 0 Å². The molecule has 2 rings (SSSR count). The molecule has 0 aromatic rings. The number of hydrogen-bond donors (Lipinski definition) is 6. The molecule has 1 amide bonds. The van der Waals surface area contributed by atoms with E-state index in [1.54, 1.807) is 12.3 Å². The van der Waals surface area contributed by atoms with Crippen molar-refractivity contribution in [2.75, 3.05) is 6.61 Å². The standard InChI is InChI=1S/C19H31N4O8P/c1-11-3-4-13(12(2)21-8-7-11)5-6-14(18(20)26)22-10-23-19-17(25)16(24)15(31-19)9-30-32(27,28)29/h6-8,10-11,13,15-17,19,24-25H,3-5,9H2,1-2H3,(H2,20,26)(H,22,23)(H2,27,28,29)/b8-7-,14-6+,21-12-. The van der Waals surface area contributed by atoms with Gasteiger partial charge in [-0.3, -0.25) is 14.3 Å². The predicted octanol–water partition coefficient (Wildman–Crippen LogP) is -0.0597. The highest BCUT2D eigenvalue weighted by molar-refractivity contribution is 7.46. The number of nitrogens with two attached hydrogens (primary N) is 1. The van der Waals surface area contributed by atoms with E-state index in [-0.39, 0.29) is 11.6 Å². The first-order valence-corrected chi connectivity index (χ1v) is 11.7. The number of amides is 1. The highest BCUT2D eigenvalue weighted by atomic mass is 31.2. The zero-order chi connectivity index (χ0) is 23.9. The highest BCUT2D eigenvalue weighted by Crippen LogP contribution is 2.37. The van der Waals surface area contributed by atoms with Crippen LogP contribution in [0.3, 0.4) is 0 Å². The van der Waals surface area contributed by atoms with E-state index in [9.17, 15) is 19.6 Å². The Labute approximate surface area is 186 Å². The van der Waals surface area contributed by atoms with E-state index >= 15 is 0 Å². The fourth-order valence-corrected chi connectivity index (χ4v) is 3.66. The molecule has 0 radical (unpaired) electrons. The minimum absolute atomic E-state index is 0.00497. The summed E-state index contributed by atoms with van der Waals surface area (Å²) < 4.78 is 20.4. The number of carbonyl (C=O) groups excluding carboxylic acids is 1. The van der Waals surface area contributed by atoms with Gasteiger partial charge in [-0.1, -0.05) is 19.1 Å². The number of aliphatic imine (C=N–C) groups is 2. The molecule has 0 saturated carbocycles. The Morgan fingerprint density at radius 3 is 2.78 bits per heavy atom. The number of primary amides is 1. The maximum atomic E-state index is 11.8. The third-order valence-corrected chi connectivity index (χ3v) is 5.80. The Balaban J connectivity index is 1.97. The Bertz CT molecular complexity index is 824. The Kier molecular flexibility index (Phi) is 9.71. The second-order valence-corrected chi connectivity index (χ2v) is 9.08. The highest BCUT2D eigenvalue weighted by Gasteiger charge is 2.43. The smallest absolute Gasteiger partial charge is 0.387 e. The van der Waals surface area contributed by atoms with Gasteiger partial charge in [-0.05, 0) is 32.1 Å². The lowest BCUT2D eigenvalue weighted by atomic mass is 9.90. The first-order valence-electron chi connectivity index (χ1n) is 10.2. The molecule has 1 fully saturated rings. The summed E-state index contributed by atoms with van der Waals surface area (Å²) in [6, 6.07) is 0. The molecule has 0 aliphatic carbocycles. The summed E-state index contributed by atoms with van der Waals surface area (Å²) in [7, 11) is -4.75. The van der Waals surface area contributed by atoms with Crippen LogP contribution >= 0.6 is 7.82 Å². The van der Waals surface area contributed by atoms with Gasteiger partial charge >= 0.3 is 7.82 Å². The van der Waals surface area contributed by atoms with Crippen molar-refractivity contribution in [3.8, 4) is 0 Å². The van der Waals surface area contributed by atoms with Gasteiger partial charge in [0.2, 0.25) is 0 Å². The van der Waals surface area contributed by atoms with Crippen LogP contribution in [0, 0.1) is 11.8 Å². The molecule has 12 nitrogen and oxygen atoms in total. The van der Waals surface area contributed by atoms with Crippen molar-refractivity contribution in [1.82, 2.24) is 5.32 Å². The number of aliphatic hydroxyl groups is 2. The van der Waals surface area contributed by atoms with Crippen LogP contribution in [-0.4, -0.2) is 69.1 Å². The van der Waals surface area contributed by atoms with Gasteiger partial charge in [-0.15, -0.1) is 0 Å². The number of rotatable bonds is 9. The number of aliphatic hydroxyl groups excluding tert-OH is 2. The van der Waals surface area contributed by atoms with Crippen LogP contribution < -0.4 is 11.1 Å². The predicted molar refractivity (Wildman–Crippen MR) is 116 cm³/mol. The fourth-order valence-electron chi connectivity index (χ4n) is 3.32. The molecule has 32 heavy (non-hydrogen) atoms. The lowest BCUT2D eigenvalue weighted by molar-refractivity contribution is -0.114. The van der Waals surface area contributed by atoms with E-state index in [2.05, 4.69) is 32.8 Å². The monoisotopic (exact) mass is 474 g/mol. The van der Waals surface area contributed by atoms with Crippen molar-refractivity contribution in [1.29, 1.82) is 0 Å². The summed E-state index contributed by atoms with van der Waals surface area (Å²) >= 11 is 0. The molecule has 6 atom stereocenters. The van der Waals surface area contributed by atoms with E-state index in [1.165, 1.54) is 0 Å². The summed E-state index contributed by atoms with van der Waals surface area (Å²) in [5.41, 5.74) is 6.37. The quantitative estimate of drug-likeness (QED) is 0.115. The number of phosphoric acid groups is 1. The summed E-state index contributed by atoms with van der Waals surface area (Å²) in [5, 5.41) is 22.6. The van der Waals surface area contributed by atoms with E-state index in [1.807, 2.05) is 6.92 Å². The molecular formula is C19H31N4O8P. The van der Waals surface area contributed by atoms with E-state index in [0.29, 0.717) is 12.3 Å². The van der Waals surface area contributed by atoms with Gasteiger partial charge in [0, 0.05) is 17.8 Å². The van der Waals surface area contributed by atoms with E-state index < -0.39 is 44.9 Å². The Hall–Kier alpha value is -1.92. The summed E-state index contributed by atoms with van der Waals surface area (Å²) in [6.45, 7) is 3.43. The number of carbonyl (C=O) groups is 1. The molecule has 2 aliphatic rings. The Morgan fingerprint density at radius 1 is 1.41 bits per heavy atom. The molecule has 0 aromatic carbocycles. The molecule has 0 bridgehead atoms. The van der Waals surface area contributed by atoms with Gasteiger partial charge in [0.05, 0.1) is 12.9 Å². The second kappa shape index (κ2) is 11.8. The van der Waals surface area contributed by atoms with Crippen LogP contribution in [0.1, 0.15) is 33.1 Å². The molecule has 2 aliphatic heterocycles. The molecule has 2 heterocycles. The summed E-state index contributed by atoms with van der Waals surface area (Å²) in [4.78, 5) is 37.7. The molecule has 0 aromatic heterocycles. The van der Waals surface area contributed by atoms with Crippen LogP contribution in [0.15, 0.2) is 34.0 Å². The van der Waals surface area contributed by atoms with Gasteiger partial charge in [0.1, 0.15) is 24.0 Å². The summed E-state index contributed by atoms with van der Waals surface area (Å²) in [5.74, 6) is -0.178. The first kappa shape index (κ1) is 26.3. The zero-order valence-corrected chi connectivity index (χ0v) is 18.8. The number of nitrogens with one attached hydrogen (secondary N) is 1. The average Bonchev–Trinajstić information content (AvgIpc) is 2.96. The van der Waals surface area contributed by atoms with Crippen LogP contribution in [0.25, 0.3) is 0 Å². The van der Waals surface area contributed by atoms with Gasteiger partial charge < -0.3 is 35.8 Å². The molecular weight excluding hydrogens is 443 g/mol. The molecule has 0 spiro atoms. The second-order valence-electron chi connectivity index (χ2n) is 7.84. The minimum Gasteiger partial charge on any atom is -0.387 e.